The van der Waals surface area contributed by atoms with Crippen LogP contribution in [0.2, 0.25) is 10.0 Å². The number of hydrogen-bond acceptors (Lipinski definition) is 6. The van der Waals surface area contributed by atoms with Gasteiger partial charge < -0.3 is 41.4 Å². The van der Waals surface area contributed by atoms with Crippen LogP contribution >= 0.6 is 23.2 Å². The van der Waals surface area contributed by atoms with E-state index in [0.29, 0.717) is 45.7 Å². The lowest BCUT2D eigenvalue weighted by Gasteiger charge is -2.24. The van der Waals surface area contributed by atoms with Gasteiger partial charge in [0, 0.05) is 58.0 Å². The van der Waals surface area contributed by atoms with Crippen molar-refractivity contribution in [3.05, 3.63) is 118 Å². The van der Waals surface area contributed by atoms with E-state index in [4.69, 9.17) is 32.7 Å². The average Bonchev–Trinajstić information content (AvgIpc) is 3.90. The molecule has 12 heteroatoms. The zero-order valence-corrected chi connectivity index (χ0v) is 27.4. The molecule has 4 aromatic rings. The van der Waals surface area contributed by atoms with Crippen molar-refractivity contribution in [1.82, 2.24) is 10.6 Å². The Morgan fingerprint density at radius 1 is 0.562 bits per heavy atom. The number of halogens is 2. The molecule has 248 valence electrons. The van der Waals surface area contributed by atoms with Crippen LogP contribution in [0.4, 0.5) is 32.3 Å². The predicted octanol–water partition coefficient (Wildman–Crippen LogP) is 7.57. The fourth-order valence-electron chi connectivity index (χ4n) is 6.63. The van der Waals surface area contributed by atoms with Crippen molar-refractivity contribution in [3.8, 4) is 0 Å². The molecule has 6 N–H and O–H groups in total. The first-order valence-corrected chi connectivity index (χ1v) is 16.7. The van der Waals surface area contributed by atoms with Crippen molar-refractivity contribution in [3.63, 3.8) is 0 Å². The molecular formula is C36H36Cl2N6O4. The summed E-state index contributed by atoms with van der Waals surface area (Å²) in [6, 6.07) is 29.8. The van der Waals surface area contributed by atoms with Crippen molar-refractivity contribution in [1.29, 1.82) is 0 Å². The molecule has 0 aromatic heterocycles. The number of urea groups is 2. The monoisotopic (exact) mass is 686 g/mol. The second-order valence-electron chi connectivity index (χ2n) is 12.3. The first-order valence-electron chi connectivity index (χ1n) is 16.0. The number of carbonyl (C=O) groups is 2. The molecule has 4 saturated heterocycles. The number of anilines is 4. The van der Waals surface area contributed by atoms with Crippen LogP contribution in [0.1, 0.15) is 36.2 Å². The molecule has 0 aliphatic carbocycles. The zero-order chi connectivity index (χ0) is 33.0. The van der Waals surface area contributed by atoms with Gasteiger partial charge in [0.05, 0.1) is 24.4 Å². The Morgan fingerprint density at radius 2 is 1.02 bits per heavy atom. The van der Waals surface area contributed by atoms with Gasteiger partial charge in [-0.15, -0.1) is 0 Å². The number of carbonyl (C=O) groups excluding carboxylic acids is 2. The van der Waals surface area contributed by atoms with Crippen LogP contribution < -0.4 is 31.9 Å². The van der Waals surface area contributed by atoms with Gasteiger partial charge in [0.25, 0.3) is 0 Å². The molecule has 0 radical (unpaired) electrons. The number of benzene rings is 4. The summed E-state index contributed by atoms with van der Waals surface area (Å²) >= 11 is 11.8. The van der Waals surface area contributed by atoms with Gasteiger partial charge in [-0.05, 0) is 90.7 Å². The number of hydrogen-bond donors (Lipinski definition) is 6. The van der Waals surface area contributed by atoms with E-state index >= 15 is 0 Å². The van der Waals surface area contributed by atoms with Gasteiger partial charge in [-0.1, -0.05) is 53.5 Å². The van der Waals surface area contributed by atoms with E-state index in [2.05, 4.69) is 31.9 Å². The lowest BCUT2D eigenvalue weighted by Crippen LogP contribution is -2.34. The second-order valence-corrected chi connectivity index (χ2v) is 13.2. The van der Waals surface area contributed by atoms with E-state index in [-0.39, 0.29) is 24.3 Å². The summed E-state index contributed by atoms with van der Waals surface area (Å²) in [4.78, 5) is 24.3. The Balaban J connectivity index is 0.000000152. The van der Waals surface area contributed by atoms with Crippen molar-refractivity contribution < 1.29 is 19.1 Å². The summed E-state index contributed by atoms with van der Waals surface area (Å²) in [6.07, 6.45) is 2.84. The van der Waals surface area contributed by atoms with E-state index in [1.165, 1.54) is 0 Å². The van der Waals surface area contributed by atoms with E-state index in [9.17, 15) is 9.59 Å². The fraction of sp³-hybridized carbons (Fsp3) is 0.278. The summed E-state index contributed by atoms with van der Waals surface area (Å²) < 4.78 is 12.0. The van der Waals surface area contributed by atoms with Crippen LogP contribution in [-0.2, 0) is 9.47 Å². The van der Waals surface area contributed by atoms with Gasteiger partial charge in [0.15, 0.2) is 0 Å². The molecule has 8 rings (SSSR count). The molecule has 0 saturated carbocycles. The van der Waals surface area contributed by atoms with E-state index in [1.807, 2.05) is 48.5 Å². The largest absolute Gasteiger partial charge is 0.367 e. The SMILES string of the molecule is O=C(Nc1ccc(Cl)cc1)Nc1cccc([C@@H]2O[C@H]3CN[C@@H]2C3)c1.O=C(Nc1cccc(Cl)c1)Nc1cccc([C@@H]2O[C@H]3CN[C@@H]2C3)c1. The number of morpholine rings is 2. The van der Waals surface area contributed by atoms with Crippen LogP contribution in [0.3, 0.4) is 0 Å². The highest BCUT2D eigenvalue weighted by molar-refractivity contribution is 6.31. The van der Waals surface area contributed by atoms with Gasteiger partial charge in [-0.3, -0.25) is 0 Å². The molecule has 0 unspecified atom stereocenters. The normalized spacial score (nSPS) is 24.8. The third kappa shape index (κ3) is 7.92. The van der Waals surface area contributed by atoms with E-state index in [0.717, 1.165) is 48.4 Å². The maximum absolute atomic E-state index is 12.1. The molecule has 4 heterocycles. The van der Waals surface area contributed by atoms with Crippen molar-refractivity contribution in [2.45, 2.75) is 49.3 Å². The van der Waals surface area contributed by atoms with Crippen LogP contribution in [0, 0.1) is 0 Å². The predicted molar refractivity (Wildman–Crippen MR) is 189 cm³/mol. The third-order valence-corrected chi connectivity index (χ3v) is 9.28. The maximum Gasteiger partial charge on any atom is 0.323 e. The Hall–Kier alpha value is -4.16. The van der Waals surface area contributed by atoms with Crippen LogP contribution in [-0.4, -0.2) is 49.4 Å². The van der Waals surface area contributed by atoms with Gasteiger partial charge in [0.1, 0.15) is 0 Å². The summed E-state index contributed by atoms with van der Waals surface area (Å²) in [5.74, 6) is 0. The molecule has 6 atom stereocenters. The quantitative estimate of drug-likeness (QED) is 0.124. The minimum atomic E-state index is -0.304. The van der Waals surface area contributed by atoms with Gasteiger partial charge in [-0.2, -0.15) is 0 Å². The fourth-order valence-corrected chi connectivity index (χ4v) is 6.95. The minimum Gasteiger partial charge on any atom is -0.367 e. The Morgan fingerprint density at radius 3 is 1.46 bits per heavy atom. The number of ether oxygens (including phenoxy) is 2. The highest BCUT2D eigenvalue weighted by Gasteiger charge is 2.42. The van der Waals surface area contributed by atoms with Gasteiger partial charge in [-0.25, -0.2) is 9.59 Å². The molecular weight excluding hydrogens is 651 g/mol. The number of nitrogens with one attached hydrogen (secondary N) is 6. The average molecular weight is 688 g/mol. The number of amides is 4. The Labute approximate surface area is 288 Å². The van der Waals surface area contributed by atoms with E-state index < -0.39 is 0 Å². The molecule has 4 aromatic carbocycles. The first-order chi connectivity index (χ1) is 23.3. The molecule has 4 aliphatic heterocycles. The van der Waals surface area contributed by atoms with Crippen LogP contribution in [0.15, 0.2) is 97.1 Å². The van der Waals surface area contributed by atoms with Crippen molar-refractivity contribution in [2.75, 3.05) is 34.4 Å². The summed E-state index contributed by atoms with van der Waals surface area (Å²) in [5, 5.41) is 19.4. The molecule has 48 heavy (non-hydrogen) atoms. The lowest BCUT2D eigenvalue weighted by molar-refractivity contribution is 0.0160. The topological polar surface area (TPSA) is 125 Å². The lowest BCUT2D eigenvalue weighted by atomic mass is 10.0. The van der Waals surface area contributed by atoms with Gasteiger partial charge >= 0.3 is 12.1 Å². The number of fused-ring (bicyclic) bond motifs is 4. The molecule has 0 spiro atoms. The van der Waals surface area contributed by atoms with Gasteiger partial charge in [0.2, 0.25) is 0 Å². The Bertz CT molecular complexity index is 1780. The highest BCUT2D eigenvalue weighted by Crippen LogP contribution is 2.38. The first kappa shape index (κ1) is 32.4. The molecule has 10 nitrogen and oxygen atoms in total. The Kier molecular flexibility index (Phi) is 9.81. The molecule has 4 bridgehead atoms. The van der Waals surface area contributed by atoms with Crippen molar-refractivity contribution >= 4 is 58.0 Å². The van der Waals surface area contributed by atoms with Crippen LogP contribution in [0.5, 0.6) is 0 Å². The maximum atomic E-state index is 12.1. The third-order valence-electron chi connectivity index (χ3n) is 8.79. The standard InChI is InChI=1S/2C18H18ClN3O2/c19-12-4-2-6-14(8-12)22-18(23)21-13-5-1-3-11(7-13)17-16-9-15(24-17)10-20-16;19-12-4-6-13(7-5-12)21-18(23)22-14-3-1-2-11(8-14)17-16-9-15(24-17)10-20-16/h2*1-8,15-17,20H,9-10H2,(H2,21,22,23)/t2*15-,16-,17+/m11/s1. The summed E-state index contributed by atoms with van der Waals surface area (Å²) in [6.45, 7) is 1.86. The minimum absolute atomic E-state index is 0.0569. The molecule has 4 amide bonds. The number of rotatable bonds is 6. The van der Waals surface area contributed by atoms with Crippen molar-refractivity contribution in [2.24, 2.45) is 0 Å². The zero-order valence-electron chi connectivity index (χ0n) is 25.9. The summed E-state index contributed by atoms with van der Waals surface area (Å²) in [5.41, 5.74) is 4.98. The molecule has 4 aliphatic rings. The highest BCUT2D eigenvalue weighted by atomic mass is 35.5. The van der Waals surface area contributed by atoms with E-state index in [1.54, 1.807) is 48.5 Å². The smallest absolute Gasteiger partial charge is 0.323 e. The van der Waals surface area contributed by atoms with Crippen LogP contribution in [0.25, 0.3) is 0 Å². The second kappa shape index (κ2) is 14.5. The summed E-state index contributed by atoms with van der Waals surface area (Å²) in [7, 11) is 0. The molecule has 4 fully saturated rings.